The van der Waals surface area contributed by atoms with Gasteiger partial charge < -0.3 is 10.2 Å². The fourth-order valence-electron chi connectivity index (χ4n) is 0.696. The fraction of sp³-hybridized carbons (Fsp3) is 0.714. The molecule has 64 valence electrons. The molecule has 0 rings (SSSR count). The van der Waals surface area contributed by atoms with E-state index >= 15 is 0 Å². The number of aliphatic carboxylic acids is 2. The first-order chi connectivity index (χ1) is 4.95. The highest BCUT2D eigenvalue weighted by molar-refractivity contribution is 5.72. The van der Waals surface area contributed by atoms with Crippen molar-refractivity contribution in [2.45, 2.75) is 20.3 Å². The second kappa shape index (κ2) is 3.95. The van der Waals surface area contributed by atoms with Gasteiger partial charge >= 0.3 is 11.9 Å². The van der Waals surface area contributed by atoms with Crippen LogP contribution >= 0.6 is 0 Å². The first-order valence-corrected chi connectivity index (χ1v) is 3.39. The van der Waals surface area contributed by atoms with Gasteiger partial charge in [-0.25, -0.2) is 0 Å². The van der Waals surface area contributed by atoms with Crippen LogP contribution in [0.25, 0.3) is 0 Å². The number of carbonyl (C=O) groups is 2. The lowest BCUT2D eigenvalue weighted by Gasteiger charge is -2.12. The second-order valence-electron chi connectivity index (χ2n) is 2.70. The van der Waals surface area contributed by atoms with Crippen LogP contribution in [-0.2, 0) is 9.59 Å². The number of rotatable bonds is 4. The average Bonchev–Trinajstić information content (AvgIpc) is 1.84. The van der Waals surface area contributed by atoms with Crippen molar-refractivity contribution in [3.8, 4) is 0 Å². The molecular formula is C7H12O4. The molecule has 0 amide bonds. The standard InChI is InChI=1S/C7H12O4/c1-4(3-6(8)9)5(2)7(10)11/h4-5H,3H2,1-2H3,(H,8,9)(H,10,11)/t4-,5?/m1/s1. The van der Waals surface area contributed by atoms with Crippen molar-refractivity contribution in [3.63, 3.8) is 0 Å². The largest absolute Gasteiger partial charge is 0.481 e. The van der Waals surface area contributed by atoms with Crippen LogP contribution in [0.2, 0.25) is 0 Å². The summed E-state index contributed by atoms with van der Waals surface area (Å²) in [5.41, 5.74) is 0. The molecule has 0 saturated carbocycles. The molecule has 0 aliphatic rings. The predicted molar refractivity (Wildman–Crippen MR) is 38.2 cm³/mol. The van der Waals surface area contributed by atoms with Crippen molar-refractivity contribution in [2.75, 3.05) is 0 Å². The van der Waals surface area contributed by atoms with E-state index in [2.05, 4.69) is 0 Å². The van der Waals surface area contributed by atoms with Gasteiger partial charge in [0.25, 0.3) is 0 Å². The van der Waals surface area contributed by atoms with Gasteiger partial charge in [-0.3, -0.25) is 9.59 Å². The first kappa shape index (κ1) is 9.94. The third-order valence-corrected chi connectivity index (χ3v) is 1.74. The van der Waals surface area contributed by atoms with Crippen molar-refractivity contribution in [3.05, 3.63) is 0 Å². The number of hydrogen-bond acceptors (Lipinski definition) is 2. The third-order valence-electron chi connectivity index (χ3n) is 1.74. The zero-order chi connectivity index (χ0) is 9.02. The smallest absolute Gasteiger partial charge is 0.306 e. The quantitative estimate of drug-likeness (QED) is 0.638. The summed E-state index contributed by atoms with van der Waals surface area (Å²) in [6.07, 6.45) is -0.0898. The van der Waals surface area contributed by atoms with Gasteiger partial charge in [-0.05, 0) is 5.92 Å². The van der Waals surface area contributed by atoms with Gasteiger partial charge in [0.2, 0.25) is 0 Å². The fourth-order valence-corrected chi connectivity index (χ4v) is 0.696. The molecule has 0 spiro atoms. The maximum atomic E-state index is 10.3. The minimum absolute atomic E-state index is 0.0898. The van der Waals surface area contributed by atoms with E-state index in [4.69, 9.17) is 10.2 Å². The Morgan fingerprint density at radius 2 is 1.73 bits per heavy atom. The van der Waals surface area contributed by atoms with Crippen molar-refractivity contribution < 1.29 is 19.8 Å². The van der Waals surface area contributed by atoms with Crippen molar-refractivity contribution >= 4 is 11.9 Å². The first-order valence-electron chi connectivity index (χ1n) is 3.39. The van der Waals surface area contributed by atoms with E-state index in [1.54, 1.807) is 6.92 Å². The third kappa shape index (κ3) is 3.60. The summed E-state index contributed by atoms with van der Waals surface area (Å²) in [5, 5.41) is 16.8. The van der Waals surface area contributed by atoms with Crippen LogP contribution in [0.4, 0.5) is 0 Å². The highest BCUT2D eigenvalue weighted by Crippen LogP contribution is 2.14. The van der Waals surface area contributed by atoms with Crippen LogP contribution in [-0.4, -0.2) is 22.2 Å². The van der Waals surface area contributed by atoms with Gasteiger partial charge in [0.15, 0.2) is 0 Å². The summed E-state index contributed by atoms with van der Waals surface area (Å²) in [5.74, 6) is -2.81. The van der Waals surface area contributed by atoms with E-state index in [0.29, 0.717) is 0 Å². The van der Waals surface area contributed by atoms with Gasteiger partial charge in [-0.1, -0.05) is 13.8 Å². The summed E-state index contributed by atoms with van der Waals surface area (Å²) in [4.78, 5) is 20.5. The SMILES string of the molecule is CC(C(=O)O)[C@H](C)CC(=O)O. The van der Waals surface area contributed by atoms with Crippen molar-refractivity contribution in [1.82, 2.24) is 0 Å². The Balaban J connectivity index is 3.92. The summed E-state index contributed by atoms with van der Waals surface area (Å²) in [6, 6.07) is 0. The van der Waals surface area contributed by atoms with Gasteiger partial charge in [0.1, 0.15) is 0 Å². The van der Waals surface area contributed by atoms with Crippen molar-refractivity contribution in [2.24, 2.45) is 11.8 Å². The zero-order valence-electron chi connectivity index (χ0n) is 6.57. The van der Waals surface area contributed by atoms with Crippen LogP contribution in [0.15, 0.2) is 0 Å². The molecule has 0 aromatic rings. The molecular weight excluding hydrogens is 148 g/mol. The van der Waals surface area contributed by atoms with Crippen LogP contribution in [0.5, 0.6) is 0 Å². The van der Waals surface area contributed by atoms with E-state index in [-0.39, 0.29) is 12.3 Å². The van der Waals surface area contributed by atoms with Crippen LogP contribution in [0, 0.1) is 11.8 Å². The number of carboxylic acids is 2. The lowest BCUT2D eigenvalue weighted by molar-refractivity contribution is -0.144. The molecule has 0 aromatic carbocycles. The maximum absolute atomic E-state index is 10.3. The summed E-state index contributed by atoms with van der Waals surface area (Å²) in [7, 11) is 0. The highest BCUT2D eigenvalue weighted by atomic mass is 16.4. The van der Waals surface area contributed by atoms with E-state index in [1.807, 2.05) is 0 Å². The normalized spacial score (nSPS) is 15.5. The van der Waals surface area contributed by atoms with Gasteiger partial charge in [0, 0.05) is 6.42 Å². The molecule has 0 heterocycles. The second-order valence-corrected chi connectivity index (χ2v) is 2.70. The van der Waals surface area contributed by atoms with E-state index in [1.165, 1.54) is 6.92 Å². The van der Waals surface area contributed by atoms with Crippen LogP contribution < -0.4 is 0 Å². The molecule has 0 aromatic heterocycles. The number of hydrogen-bond donors (Lipinski definition) is 2. The summed E-state index contributed by atoms with van der Waals surface area (Å²) >= 11 is 0. The minimum Gasteiger partial charge on any atom is -0.481 e. The van der Waals surface area contributed by atoms with Crippen LogP contribution in [0.1, 0.15) is 20.3 Å². The lowest BCUT2D eigenvalue weighted by atomic mass is 9.93. The average molecular weight is 160 g/mol. The molecule has 0 fully saturated rings. The van der Waals surface area contributed by atoms with E-state index in [0.717, 1.165) is 0 Å². The van der Waals surface area contributed by atoms with Crippen molar-refractivity contribution in [1.29, 1.82) is 0 Å². The molecule has 11 heavy (non-hydrogen) atoms. The Bertz CT molecular complexity index is 164. The molecule has 0 saturated heterocycles. The molecule has 2 atom stereocenters. The Labute approximate surface area is 64.8 Å². The Morgan fingerprint density at radius 3 is 2.00 bits per heavy atom. The summed E-state index contributed by atoms with van der Waals surface area (Å²) < 4.78 is 0. The Hall–Kier alpha value is -1.06. The van der Waals surface area contributed by atoms with Gasteiger partial charge in [-0.2, -0.15) is 0 Å². The van der Waals surface area contributed by atoms with Crippen LogP contribution in [0.3, 0.4) is 0 Å². The molecule has 0 aliphatic carbocycles. The Kier molecular flexibility index (Phi) is 3.57. The molecule has 4 heteroatoms. The topological polar surface area (TPSA) is 74.6 Å². The molecule has 2 N–H and O–H groups in total. The van der Waals surface area contributed by atoms with E-state index < -0.39 is 17.9 Å². The molecule has 0 bridgehead atoms. The summed E-state index contributed by atoms with van der Waals surface area (Å²) in [6.45, 7) is 3.13. The monoisotopic (exact) mass is 160 g/mol. The number of carboxylic acid groups (broad SMARTS) is 2. The maximum Gasteiger partial charge on any atom is 0.306 e. The predicted octanol–water partition coefficient (Wildman–Crippen LogP) is 0.818. The van der Waals surface area contributed by atoms with E-state index in [9.17, 15) is 9.59 Å². The lowest BCUT2D eigenvalue weighted by Crippen LogP contribution is -2.20. The van der Waals surface area contributed by atoms with Gasteiger partial charge in [0.05, 0.1) is 5.92 Å². The molecule has 0 aliphatic heterocycles. The molecule has 0 radical (unpaired) electrons. The molecule has 1 unspecified atom stereocenters. The Morgan fingerprint density at radius 1 is 1.27 bits per heavy atom. The minimum atomic E-state index is -0.953. The zero-order valence-corrected chi connectivity index (χ0v) is 6.57. The molecule has 4 nitrogen and oxygen atoms in total. The van der Waals surface area contributed by atoms with Gasteiger partial charge in [-0.15, -0.1) is 0 Å². The highest BCUT2D eigenvalue weighted by Gasteiger charge is 2.21.